The van der Waals surface area contributed by atoms with E-state index >= 15 is 0 Å². The molecule has 0 spiro atoms. The first kappa shape index (κ1) is 17.8. The summed E-state index contributed by atoms with van der Waals surface area (Å²) >= 11 is 0. The topological polar surface area (TPSA) is 23.6 Å². The Labute approximate surface area is 152 Å². The van der Waals surface area contributed by atoms with E-state index in [0.29, 0.717) is 25.0 Å². The molecule has 0 radical (unpaired) electrons. The largest absolute Gasteiger partial charge is 0.341 e. The summed E-state index contributed by atoms with van der Waals surface area (Å²) in [5.74, 6) is -2.33. The van der Waals surface area contributed by atoms with Crippen LogP contribution in [0.1, 0.15) is 37.7 Å². The number of halogens is 3. The molecule has 3 aliphatic heterocycles. The van der Waals surface area contributed by atoms with Gasteiger partial charge in [0.05, 0.1) is 6.42 Å². The van der Waals surface area contributed by atoms with Gasteiger partial charge in [0.25, 0.3) is 0 Å². The number of piperidine rings is 1. The van der Waals surface area contributed by atoms with E-state index in [1.54, 1.807) is 4.90 Å². The van der Waals surface area contributed by atoms with Crippen LogP contribution in [0.5, 0.6) is 0 Å². The van der Waals surface area contributed by atoms with Crippen LogP contribution in [0.2, 0.25) is 0 Å². The van der Waals surface area contributed by atoms with Crippen LogP contribution in [0.4, 0.5) is 13.2 Å². The molecule has 3 nitrogen and oxygen atoms in total. The maximum atomic E-state index is 13.9. The minimum absolute atomic E-state index is 0.309. The first-order valence-electron chi connectivity index (χ1n) is 9.65. The van der Waals surface area contributed by atoms with Crippen LogP contribution in [-0.2, 0) is 11.2 Å². The van der Waals surface area contributed by atoms with Gasteiger partial charge in [-0.1, -0.05) is 6.42 Å². The number of benzene rings is 1. The maximum absolute atomic E-state index is 13.9. The highest BCUT2D eigenvalue weighted by Gasteiger charge is 2.38. The van der Waals surface area contributed by atoms with Crippen LogP contribution in [0.3, 0.4) is 0 Å². The second kappa shape index (κ2) is 7.22. The minimum atomic E-state index is -1.25. The molecule has 1 aliphatic carbocycles. The average Bonchev–Trinajstić information content (AvgIpc) is 2.90. The Morgan fingerprint density at radius 1 is 1.00 bits per heavy atom. The van der Waals surface area contributed by atoms with Gasteiger partial charge in [0, 0.05) is 37.8 Å². The van der Waals surface area contributed by atoms with E-state index in [1.807, 2.05) is 0 Å². The molecule has 4 aliphatic rings. The van der Waals surface area contributed by atoms with Crippen LogP contribution in [-0.4, -0.2) is 47.9 Å². The van der Waals surface area contributed by atoms with Crippen LogP contribution < -0.4 is 0 Å². The molecular formula is C20H25F3N2O. The lowest BCUT2D eigenvalue weighted by molar-refractivity contribution is -0.131. The molecule has 26 heavy (non-hydrogen) atoms. The van der Waals surface area contributed by atoms with Crippen molar-refractivity contribution in [2.45, 2.75) is 44.6 Å². The fraction of sp³-hybridized carbons (Fsp3) is 0.650. The van der Waals surface area contributed by atoms with Crippen molar-refractivity contribution in [2.75, 3.05) is 26.2 Å². The Balaban J connectivity index is 1.45. The molecular weight excluding hydrogens is 341 g/mol. The van der Waals surface area contributed by atoms with Gasteiger partial charge >= 0.3 is 0 Å². The zero-order chi connectivity index (χ0) is 18.3. The van der Waals surface area contributed by atoms with E-state index in [2.05, 4.69) is 4.90 Å². The van der Waals surface area contributed by atoms with E-state index in [9.17, 15) is 18.0 Å². The Kier molecular flexibility index (Phi) is 4.95. The van der Waals surface area contributed by atoms with Gasteiger partial charge in [0.15, 0.2) is 11.6 Å². The SMILES string of the molecule is O=C(Cc1c(F)ccc(F)c1F)N1C[C@H]2CC[C@@H](C1)N(CC1CCC1)C2. The lowest BCUT2D eigenvalue weighted by Crippen LogP contribution is -2.47. The first-order valence-corrected chi connectivity index (χ1v) is 9.65. The number of carbonyl (C=O) groups excluding carboxylic acids is 1. The van der Waals surface area contributed by atoms with E-state index < -0.39 is 29.4 Å². The summed E-state index contributed by atoms with van der Waals surface area (Å²) in [6.45, 7) is 3.36. The van der Waals surface area contributed by atoms with Crippen molar-refractivity contribution in [3.05, 3.63) is 35.1 Å². The van der Waals surface area contributed by atoms with Gasteiger partial charge in [0.2, 0.25) is 5.91 Å². The third-order valence-electron chi connectivity index (χ3n) is 6.36. The molecule has 1 aromatic carbocycles. The molecule has 5 rings (SSSR count). The standard InChI is InChI=1S/C20H25F3N2O/c21-17-6-7-18(22)20(23)16(17)8-19(26)25-11-14-4-5-15(12-25)24(10-14)9-13-2-1-3-13/h6-7,13-15H,1-5,8-12H2/t14-,15-/m0/s1. The zero-order valence-corrected chi connectivity index (χ0v) is 14.9. The minimum Gasteiger partial charge on any atom is -0.341 e. The molecule has 3 saturated heterocycles. The summed E-state index contributed by atoms with van der Waals surface area (Å²) in [7, 11) is 0. The second-order valence-electron chi connectivity index (χ2n) is 8.15. The summed E-state index contributed by atoms with van der Waals surface area (Å²) in [5.41, 5.74) is -0.460. The number of rotatable bonds is 4. The summed E-state index contributed by atoms with van der Waals surface area (Å²) < 4.78 is 41.2. The van der Waals surface area contributed by atoms with Crippen LogP contribution in [0.15, 0.2) is 12.1 Å². The number of carbonyl (C=O) groups is 1. The molecule has 142 valence electrons. The Morgan fingerprint density at radius 2 is 1.77 bits per heavy atom. The first-order chi connectivity index (χ1) is 12.5. The Morgan fingerprint density at radius 3 is 2.50 bits per heavy atom. The van der Waals surface area contributed by atoms with Crippen LogP contribution in [0, 0.1) is 29.3 Å². The van der Waals surface area contributed by atoms with Crippen molar-refractivity contribution in [1.29, 1.82) is 0 Å². The molecule has 2 atom stereocenters. The van der Waals surface area contributed by atoms with Crippen LogP contribution in [0.25, 0.3) is 0 Å². The monoisotopic (exact) mass is 366 g/mol. The average molecular weight is 366 g/mol. The van der Waals surface area contributed by atoms with Gasteiger partial charge in [0.1, 0.15) is 5.82 Å². The van der Waals surface area contributed by atoms with Gasteiger partial charge in [-0.3, -0.25) is 9.69 Å². The summed E-state index contributed by atoms with van der Waals surface area (Å²) in [5, 5.41) is 0. The lowest BCUT2D eigenvalue weighted by Gasteiger charge is -2.40. The third kappa shape index (κ3) is 3.48. The third-order valence-corrected chi connectivity index (χ3v) is 6.36. The van der Waals surface area contributed by atoms with Crippen molar-refractivity contribution < 1.29 is 18.0 Å². The molecule has 4 fully saturated rings. The molecule has 2 bridgehead atoms. The van der Waals surface area contributed by atoms with Crippen molar-refractivity contribution in [3.63, 3.8) is 0 Å². The normalized spacial score (nSPS) is 26.7. The quantitative estimate of drug-likeness (QED) is 0.763. The van der Waals surface area contributed by atoms with Gasteiger partial charge in [-0.15, -0.1) is 0 Å². The Bertz CT molecular complexity index is 692. The predicted octanol–water partition coefficient (Wildman–Crippen LogP) is 3.37. The number of nitrogens with zero attached hydrogens (tertiary/aromatic N) is 2. The van der Waals surface area contributed by atoms with Crippen molar-refractivity contribution in [3.8, 4) is 0 Å². The van der Waals surface area contributed by atoms with Crippen molar-refractivity contribution >= 4 is 5.91 Å². The fourth-order valence-electron chi connectivity index (χ4n) is 4.61. The number of fused-ring (bicyclic) bond motifs is 4. The van der Waals surface area contributed by atoms with E-state index in [0.717, 1.165) is 44.0 Å². The molecule has 1 amide bonds. The molecule has 0 aromatic heterocycles. The van der Waals surface area contributed by atoms with Crippen molar-refractivity contribution in [2.24, 2.45) is 11.8 Å². The van der Waals surface area contributed by atoms with Gasteiger partial charge < -0.3 is 4.90 Å². The Hall–Kier alpha value is -1.56. The summed E-state index contributed by atoms with van der Waals surface area (Å²) in [4.78, 5) is 17.0. The molecule has 1 aromatic rings. The highest BCUT2D eigenvalue weighted by atomic mass is 19.2. The highest BCUT2D eigenvalue weighted by molar-refractivity contribution is 5.79. The molecule has 0 N–H and O–H groups in total. The van der Waals surface area contributed by atoms with Gasteiger partial charge in [-0.25, -0.2) is 13.2 Å². The van der Waals surface area contributed by atoms with Gasteiger partial charge in [-0.05, 0) is 49.7 Å². The van der Waals surface area contributed by atoms with Crippen molar-refractivity contribution in [1.82, 2.24) is 9.80 Å². The summed E-state index contributed by atoms with van der Waals surface area (Å²) in [6, 6.07) is 1.97. The van der Waals surface area contributed by atoms with E-state index in [1.165, 1.54) is 19.3 Å². The molecule has 3 heterocycles. The zero-order valence-electron chi connectivity index (χ0n) is 14.9. The fourth-order valence-corrected chi connectivity index (χ4v) is 4.61. The summed E-state index contributed by atoms with van der Waals surface area (Å²) in [6.07, 6.45) is 5.67. The highest BCUT2D eigenvalue weighted by Crippen LogP contribution is 2.33. The number of hydrogen-bond acceptors (Lipinski definition) is 2. The smallest absolute Gasteiger partial charge is 0.227 e. The van der Waals surface area contributed by atoms with Crippen LogP contribution >= 0.6 is 0 Å². The lowest BCUT2D eigenvalue weighted by atomic mass is 9.83. The van der Waals surface area contributed by atoms with E-state index in [4.69, 9.17) is 0 Å². The van der Waals surface area contributed by atoms with Gasteiger partial charge in [-0.2, -0.15) is 0 Å². The maximum Gasteiger partial charge on any atom is 0.227 e. The number of hydrogen-bond donors (Lipinski definition) is 0. The molecule has 1 saturated carbocycles. The predicted molar refractivity (Wildman–Crippen MR) is 92.0 cm³/mol. The van der Waals surface area contributed by atoms with E-state index in [-0.39, 0.29) is 5.91 Å². The molecule has 0 unspecified atom stereocenters. The number of amides is 1. The molecule has 6 heteroatoms. The second-order valence-corrected chi connectivity index (χ2v) is 8.15.